The first-order valence-electron chi connectivity index (χ1n) is 8.08. The van der Waals surface area contributed by atoms with Gasteiger partial charge in [-0.3, -0.25) is 4.79 Å². The van der Waals surface area contributed by atoms with Gasteiger partial charge >= 0.3 is 12.0 Å². The molecule has 1 aliphatic carbocycles. The number of hydrogen-bond acceptors (Lipinski definition) is 2. The molecule has 0 radical (unpaired) electrons. The molecule has 1 aromatic carbocycles. The van der Waals surface area contributed by atoms with E-state index in [9.17, 15) is 19.1 Å². The molecule has 3 atom stereocenters. The van der Waals surface area contributed by atoms with Crippen LogP contribution in [0.2, 0.25) is 5.02 Å². The minimum absolute atomic E-state index is 0.00638. The predicted octanol–water partition coefficient (Wildman–Crippen LogP) is 3.44. The number of aliphatic carboxylic acids is 1. The Morgan fingerprint density at radius 2 is 2.25 bits per heavy atom. The molecule has 0 aromatic heterocycles. The zero-order valence-corrected chi connectivity index (χ0v) is 14.1. The molecule has 2 aliphatic rings. The third kappa shape index (κ3) is 2.73. The van der Waals surface area contributed by atoms with Crippen LogP contribution < -0.4 is 5.32 Å². The SMILES string of the molecule is CC(NC(=O)N1C[C@@H]2CCC[C@@]2(C(=O)O)C1)c1c(F)cccc1Cl. The molecule has 2 N–H and O–H groups in total. The number of nitrogens with zero attached hydrogens (tertiary/aromatic N) is 1. The topological polar surface area (TPSA) is 69.6 Å². The second kappa shape index (κ2) is 6.24. The highest BCUT2D eigenvalue weighted by Crippen LogP contribution is 2.48. The smallest absolute Gasteiger partial charge is 0.317 e. The summed E-state index contributed by atoms with van der Waals surface area (Å²) in [5.74, 6) is -1.31. The molecule has 0 spiro atoms. The maximum Gasteiger partial charge on any atom is 0.317 e. The molecule has 7 heteroatoms. The fourth-order valence-corrected chi connectivity index (χ4v) is 4.39. The van der Waals surface area contributed by atoms with Crippen molar-refractivity contribution in [2.75, 3.05) is 13.1 Å². The first-order chi connectivity index (χ1) is 11.3. The Hall–Kier alpha value is -1.82. The molecule has 1 heterocycles. The zero-order valence-electron chi connectivity index (χ0n) is 13.4. The van der Waals surface area contributed by atoms with Gasteiger partial charge in [0.05, 0.1) is 11.5 Å². The second-order valence-corrected chi connectivity index (χ2v) is 7.14. The second-order valence-electron chi connectivity index (χ2n) is 6.74. The summed E-state index contributed by atoms with van der Waals surface area (Å²) in [6, 6.07) is 3.39. The number of carboxylic acid groups (broad SMARTS) is 1. The number of benzene rings is 1. The molecule has 2 fully saturated rings. The lowest BCUT2D eigenvalue weighted by Gasteiger charge is -2.25. The molecule has 1 aromatic rings. The van der Waals surface area contributed by atoms with Gasteiger partial charge in [-0.25, -0.2) is 9.18 Å². The van der Waals surface area contributed by atoms with E-state index in [1.807, 2.05) is 0 Å². The van der Waals surface area contributed by atoms with Crippen molar-refractivity contribution in [1.29, 1.82) is 0 Å². The summed E-state index contributed by atoms with van der Waals surface area (Å²) in [6.07, 6.45) is 2.31. The number of fused-ring (bicyclic) bond motifs is 1. The summed E-state index contributed by atoms with van der Waals surface area (Å²) in [6.45, 7) is 2.29. The van der Waals surface area contributed by atoms with Gasteiger partial charge < -0.3 is 15.3 Å². The van der Waals surface area contributed by atoms with E-state index in [1.165, 1.54) is 17.0 Å². The van der Waals surface area contributed by atoms with E-state index in [1.54, 1.807) is 13.0 Å². The van der Waals surface area contributed by atoms with E-state index in [0.717, 1.165) is 12.8 Å². The Labute approximate surface area is 144 Å². The molecular weight excluding hydrogens is 335 g/mol. The first kappa shape index (κ1) is 17.0. The molecule has 1 saturated carbocycles. The van der Waals surface area contributed by atoms with Crippen molar-refractivity contribution in [1.82, 2.24) is 10.2 Å². The number of amides is 2. The van der Waals surface area contributed by atoms with Crippen molar-refractivity contribution in [3.63, 3.8) is 0 Å². The van der Waals surface area contributed by atoms with Gasteiger partial charge in [0.1, 0.15) is 5.82 Å². The van der Waals surface area contributed by atoms with Crippen LogP contribution in [-0.4, -0.2) is 35.1 Å². The lowest BCUT2D eigenvalue weighted by molar-refractivity contribution is -0.149. The molecule has 0 bridgehead atoms. The van der Waals surface area contributed by atoms with Crippen LogP contribution in [0.15, 0.2) is 18.2 Å². The summed E-state index contributed by atoms with van der Waals surface area (Å²) in [5.41, 5.74) is -0.587. The fourth-order valence-electron chi connectivity index (χ4n) is 4.07. The summed E-state index contributed by atoms with van der Waals surface area (Å²) in [7, 11) is 0. The average molecular weight is 355 g/mol. The van der Waals surface area contributed by atoms with E-state index in [-0.39, 0.29) is 29.1 Å². The van der Waals surface area contributed by atoms with E-state index >= 15 is 0 Å². The highest BCUT2D eigenvalue weighted by atomic mass is 35.5. The largest absolute Gasteiger partial charge is 0.481 e. The summed E-state index contributed by atoms with van der Waals surface area (Å²) < 4.78 is 14.0. The minimum Gasteiger partial charge on any atom is -0.481 e. The van der Waals surface area contributed by atoms with Crippen LogP contribution in [0.1, 0.15) is 37.8 Å². The molecule has 1 unspecified atom stereocenters. The number of carbonyl (C=O) groups is 2. The van der Waals surface area contributed by atoms with Crippen LogP contribution in [0.25, 0.3) is 0 Å². The van der Waals surface area contributed by atoms with Crippen molar-refractivity contribution in [2.45, 2.75) is 32.2 Å². The number of likely N-dealkylation sites (tertiary alicyclic amines) is 1. The summed E-state index contributed by atoms with van der Waals surface area (Å²) in [5, 5.41) is 12.6. The van der Waals surface area contributed by atoms with Gasteiger partial charge in [0.25, 0.3) is 0 Å². The van der Waals surface area contributed by atoms with Gasteiger partial charge in [0, 0.05) is 23.7 Å². The summed E-state index contributed by atoms with van der Waals surface area (Å²) >= 11 is 6.03. The van der Waals surface area contributed by atoms with Gasteiger partial charge in [-0.15, -0.1) is 0 Å². The molecule has 5 nitrogen and oxygen atoms in total. The molecule has 1 aliphatic heterocycles. The molecule has 2 amide bonds. The van der Waals surface area contributed by atoms with E-state index < -0.39 is 23.2 Å². The van der Waals surface area contributed by atoms with Crippen LogP contribution in [0, 0.1) is 17.2 Å². The zero-order chi connectivity index (χ0) is 17.5. The van der Waals surface area contributed by atoms with Crippen LogP contribution in [-0.2, 0) is 4.79 Å². The van der Waals surface area contributed by atoms with E-state index in [0.29, 0.717) is 13.0 Å². The van der Waals surface area contributed by atoms with Crippen molar-refractivity contribution < 1.29 is 19.1 Å². The Morgan fingerprint density at radius 1 is 1.50 bits per heavy atom. The predicted molar refractivity (Wildman–Crippen MR) is 87.3 cm³/mol. The van der Waals surface area contributed by atoms with Gasteiger partial charge in [-0.1, -0.05) is 24.1 Å². The number of carbonyl (C=O) groups excluding carboxylic acids is 1. The summed E-state index contributed by atoms with van der Waals surface area (Å²) in [4.78, 5) is 25.7. The third-order valence-electron chi connectivity index (χ3n) is 5.36. The van der Waals surface area contributed by atoms with Crippen molar-refractivity contribution in [2.24, 2.45) is 11.3 Å². The Kier molecular flexibility index (Phi) is 4.42. The van der Waals surface area contributed by atoms with Crippen molar-refractivity contribution in [3.8, 4) is 0 Å². The van der Waals surface area contributed by atoms with E-state index in [2.05, 4.69) is 5.32 Å². The lowest BCUT2D eigenvalue weighted by atomic mass is 9.81. The Bertz CT molecular complexity index is 664. The maximum atomic E-state index is 14.0. The molecule has 24 heavy (non-hydrogen) atoms. The monoisotopic (exact) mass is 354 g/mol. The van der Waals surface area contributed by atoms with Crippen molar-refractivity contribution >= 4 is 23.6 Å². The highest BCUT2D eigenvalue weighted by molar-refractivity contribution is 6.31. The molecule has 1 saturated heterocycles. The van der Waals surface area contributed by atoms with Crippen LogP contribution in [0.5, 0.6) is 0 Å². The number of hydrogen-bond donors (Lipinski definition) is 2. The average Bonchev–Trinajstić information content (AvgIpc) is 3.04. The standard InChI is InChI=1S/C17H20ClFN2O3/c1-10(14-12(18)5-2-6-13(14)19)20-16(24)21-8-11-4-3-7-17(11,9-21)15(22)23/h2,5-6,10-11H,3-4,7-9H2,1H3,(H,20,24)(H,22,23)/t10?,11-,17+/m0/s1. The van der Waals surface area contributed by atoms with E-state index in [4.69, 9.17) is 11.6 Å². The number of rotatable bonds is 3. The first-order valence-corrected chi connectivity index (χ1v) is 8.45. The molecular formula is C17H20ClFN2O3. The normalized spacial score (nSPS) is 27.0. The maximum absolute atomic E-state index is 14.0. The van der Waals surface area contributed by atoms with Gasteiger partial charge in [0.2, 0.25) is 0 Å². The van der Waals surface area contributed by atoms with Crippen molar-refractivity contribution in [3.05, 3.63) is 34.6 Å². The van der Waals surface area contributed by atoms with Crippen LogP contribution >= 0.6 is 11.6 Å². The fraction of sp³-hybridized carbons (Fsp3) is 0.529. The Morgan fingerprint density at radius 3 is 2.88 bits per heavy atom. The molecule has 130 valence electrons. The van der Waals surface area contributed by atoms with Gasteiger partial charge in [-0.2, -0.15) is 0 Å². The number of carboxylic acids is 1. The highest BCUT2D eigenvalue weighted by Gasteiger charge is 2.55. The number of urea groups is 1. The van der Waals surface area contributed by atoms with Crippen LogP contribution in [0.3, 0.4) is 0 Å². The quantitative estimate of drug-likeness (QED) is 0.873. The number of nitrogens with one attached hydrogen (secondary N) is 1. The third-order valence-corrected chi connectivity index (χ3v) is 5.69. The molecule has 3 rings (SSSR count). The number of halogens is 2. The van der Waals surface area contributed by atoms with Gasteiger partial charge in [-0.05, 0) is 37.8 Å². The Balaban J connectivity index is 1.71. The minimum atomic E-state index is -0.828. The van der Waals surface area contributed by atoms with Crippen LogP contribution in [0.4, 0.5) is 9.18 Å². The van der Waals surface area contributed by atoms with Gasteiger partial charge in [0.15, 0.2) is 0 Å². The lowest BCUT2D eigenvalue weighted by Crippen LogP contribution is -2.42.